The lowest BCUT2D eigenvalue weighted by molar-refractivity contribution is -0.129. The summed E-state index contributed by atoms with van der Waals surface area (Å²) >= 11 is 0. The molecule has 0 saturated carbocycles. The zero-order chi connectivity index (χ0) is 15.1. The molecule has 0 saturated heterocycles. The average Bonchev–Trinajstić information content (AvgIpc) is 2.38. The molecule has 0 aliphatic rings. The highest BCUT2D eigenvalue weighted by Crippen LogP contribution is 2.13. The molecule has 1 unspecified atom stereocenters. The number of esters is 1. The van der Waals surface area contributed by atoms with Gasteiger partial charge in [0.05, 0.1) is 12.2 Å². The summed E-state index contributed by atoms with van der Waals surface area (Å²) in [6.07, 6.45) is -1.03. The van der Waals surface area contributed by atoms with Gasteiger partial charge in [-0.25, -0.2) is 9.18 Å². The molecule has 110 valence electrons. The quantitative estimate of drug-likeness (QED) is 0.456. The van der Waals surface area contributed by atoms with Gasteiger partial charge in [-0.05, 0) is 25.1 Å². The Bertz CT molecular complexity index is 493. The van der Waals surface area contributed by atoms with E-state index in [1.165, 1.54) is 26.2 Å². The number of nitrogen functional groups attached to an aromatic ring is 1. The second kappa shape index (κ2) is 7.44. The highest BCUT2D eigenvalue weighted by Gasteiger charge is 2.20. The van der Waals surface area contributed by atoms with Crippen molar-refractivity contribution >= 4 is 17.6 Å². The zero-order valence-electron chi connectivity index (χ0n) is 11.3. The number of hydrogen-bond acceptors (Lipinski definition) is 5. The molecule has 1 amide bonds. The van der Waals surface area contributed by atoms with Crippen molar-refractivity contribution in [1.82, 2.24) is 5.32 Å². The molecule has 0 bridgehead atoms. The fourth-order valence-electron chi connectivity index (χ4n) is 1.39. The lowest BCUT2D eigenvalue weighted by Gasteiger charge is -2.13. The van der Waals surface area contributed by atoms with Gasteiger partial charge in [-0.2, -0.15) is 0 Å². The first-order valence-electron chi connectivity index (χ1n) is 5.98. The van der Waals surface area contributed by atoms with E-state index in [-0.39, 0.29) is 11.3 Å². The molecule has 0 fully saturated rings. The lowest BCUT2D eigenvalue weighted by atomic mass is 10.2. The van der Waals surface area contributed by atoms with Crippen molar-refractivity contribution in [3.63, 3.8) is 0 Å². The standard InChI is InChI=1S/C13H17FN2O4/c1-8(12(17)16-5-6-19-2)20-13(18)10-4-3-9(15)7-11(10)14/h3-4,7-8H,5-6,15H2,1-2H3,(H,16,17). The zero-order valence-corrected chi connectivity index (χ0v) is 11.3. The smallest absolute Gasteiger partial charge is 0.341 e. The maximum Gasteiger partial charge on any atom is 0.341 e. The first-order valence-corrected chi connectivity index (χ1v) is 5.98. The highest BCUT2D eigenvalue weighted by molar-refractivity contribution is 5.92. The number of rotatable bonds is 6. The molecule has 1 aromatic rings. The third-order valence-electron chi connectivity index (χ3n) is 2.47. The number of nitrogens with two attached hydrogens (primary N) is 1. The van der Waals surface area contributed by atoms with Crippen LogP contribution in [0.5, 0.6) is 0 Å². The second-order valence-electron chi connectivity index (χ2n) is 4.07. The van der Waals surface area contributed by atoms with Gasteiger partial charge in [0, 0.05) is 19.3 Å². The fraction of sp³-hybridized carbons (Fsp3) is 0.385. The lowest BCUT2D eigenvalue weighted by Crippen LogP contribution is -2.37. The summed E-state index contributed by atoms with van der Waals surface area (Å²) in [6, 6.07) is 3.60. The van der Waals surface area contributed by atoms with E-state index in [1.807, 2.05) is 0 Å². The molecule has 0 aliphatic carbocycles. The van der Waals surface area contributed by atoms with Crippen LogP contribution in [0.1, 0.15) is 17.3 Å². The number of benzene rings is 1. The number of hydrogen-bond donors (Lipinski definition) is 2. The first-order chi connectivity index (χ1) is 9.45. The maximum atomic E-state index is 13.5. The van der Waals surface area contributed by atoms with Crippen LogP contribution in [0.2, 0.25) is 0 Å². The van der Waals surface area contributed by atoms with Crippen LogP contribution in [-0.2, 0) is 14.3 Å². The van der Waals surface area contributed by atoms with E-state index in [0.29, 0.717) is 13.2 Å². The number of carbonyl (C=O) groups excluding carboxylic acids is 2. The molecule has 0 heterocycles. The molecule has 0 aromatic heterocycles. The van der Waals surface area contributed by atoms with E-state index in [0.717, 1.165) is 6.07 Å². The molecule has 20 heavy (non-hydrogen) atoms. The van der Waals surface area contributed by atoms with Gasteiger partial charge in [0.2, 0.25) is 0 Å². The van der Waals surface area contributed by atoms with Gasteiger partial charge in [0.1, 0.15) is 5.82 Å². The minimum absolute atomic E-state index is 0.199. The van der Waals surface area contributed by atoms with Crippen molar-refractivity contribution in [2.45, 2.75) is 13.0 Å². The van der Waals surface area contributed by atoms with Gasteiger partial charge in [0.15, 0.2) is 6.10 Å². The minimum Gasteiger partial charge on any atom is -0.449 e. The second-order valence-corrected chi connectivity index (χ2v) is 4.07. The van der Waals surface area contributed by atoms with Crippen LogP contribution < -0.4 is 11.1 Å². The van der Waals surface area contributed by atoms with E-state index < -0.39 is 23.8 Å². The Hall–Kier alpha value is -2.15. The Morgan fingerprint density at radius 2 is 2.15 bits per heavy atom. The number of ether oxygens (including phenoxy) is 2. The molecule has 1 atom stereocenters. The highest BCUT2D eigenvalue weighted by atomic mass is 19.1. The Labute approximate surface area is 116 Å². The molecular weight excluding hydrogens is 267 g/mol. The van der Waals surface area contributed by atoms with E-state index in [9.17, 15) is 14.0 Å². The van der Waals surface area contributed by atoms with E-state index in [2.05, 4.69) is 5.32 Å². The van der Waals surface area contributed by atoms with Crippen molar-refractivity contribution in [2.24, 2.45) is 0 Å². The largest absolute Gasteiger partial charge is 0.449 e. The Balaban J connectivity index is 2.58. The molecule has 1 rings (SSSR count). The summed E-state index contributed by atoms with van der Waals surface area (Å²) < 4.78 is 23.1. The van der Waals surface area contributed by atoms with E-state index in [1.54, 1.807) is 0 Å². The fourth-order valence-corrected chi connectivity index (χ4v) is 1.39. The van der Waals surface area contributed by atoms with Crippen molar-refractivity contribution < 1.29 is 23.5 Å². The molecule has 3 N–H and O–H groups in total. The summed E-state index contributed by atoms with van der Waals surface area (Å²) in [6.45, 7) is 2.04. The third kappa shape index (κ3) is 4.51. The van der Waals surface area contributed by atoms with Crippen LogP contribution in [0.4, 0.5) is 10.1 Å². The minimum atomic E-state index is -1.03. The molecule has 0 aliphatic heterocycles. The first kappa shape index (κ1) is 15.9. The van der Waals surface area contributed by atoms with Crippen molar-refractivity contribution in [1.29, 1.82) is 0 Å². The molecule has 6 nitrogen and oxygen atoms in total. The van der Waals surface area contributed by atoms with Crippen LogP contribution in [0.3, 0.4) is 0 Å². The monoisotopic (exact) mass is 284 g/mol. The predicted octanol–water partition coefficient (Wildman–Crippen LogP) is 0.716. The van der Waals surface area contributed by atoms with Crippen LogP contribution in [0.15, 0.2) is 18.2 Å². The number of nitrogens with one attached hydrogen (secondary N) is 1. The maximum absolute atomic E-state index is 13.5. The van der Waals surface area contributed by atoms with Crippen LogP contribution in [0, 0.1) is 5.82 Å². The Kier molecular flexibility index (Phi) is 5.92. The van der Waals surface area contributed by atoms with Gasteiger partial charge in [-0.1, -0.05) is 0 Å². The number of carbonyl (C=O) groups is 2. The van der Waals surface area contributed by atoms with E-state index in [4.69, 9.17) is 15.2 Å². The number of anilines is 1. The van der Waals surface area contributed by atoms with Crippen molar-refractivity contribution in [2.75, 3.05) is 26.0 Å². The van der Waals surface area contributed by atoms with Crippen LogP contribution in [0.25, 0.3) is 0 Å². The third-order valence-corrected chi connectivity index (χ3v) is 2.47. The predicted molar refractivity (Wildman–Crippen MR) is 70.6 cm³/mol. The normalized spacial score (nSPS) is 11.8. The SMILES string of the molecule is COCCNC(=O)C(C)OC(=O)c1ccc(N)cc1F. The Morgan fingerprint density at radius 3 is 2.75 bits per heavy atom. The molecular formula is C13H17FN2O4. The molecule has 7 heteroatoms. The summed E-state index contributed by atoms with van der Waals surface area (Å²) in [5, 5.41) is 2.51. The van der Waals surface area contributed by atoms with Gasteiger partial charge in [0.25, 0.3) is 5.91 Å². The van der Waals surface area contributed by atoms with Crippen LogP contribution >= 0.6 is 0 Å². The van der Waals surface area contributed by atoms with Gasteiger partial charge in [-0.3, -0.25) is 4.79 Å². The van der Waals surface area contributed by atoms with Crippen molar-refractivity contribution in [3.05, 3.63) is 29.6 Å². The summed E-state index contributed by atoms with van der Waals surface area (Å²) in [7, 11) is 1.50. The summed E-state index contributed by atoms with van der Waals surface area (Å²) in [5.41, 5.74) is 5.31. The van der Waals surface area contributed by atoms with Crippen molar-refractivity contribution in [3.8, 4) is 0 Å². The van der Waals surface area contributed by atoms with Gasteiger partial charge >= 0.3 is 5.97 Å². The topological polar surface area (TPSA) is 90.6 Å². The number of amides is 1. The summed E-state index contributed by atoms with van der Waals surface area (Å²) in [4.78, 5) is 23.3. The average molecular weight is 284 g/mol. The van der Waals surface area contributed by atoms with Gasteiger partial charge < -0.3 is 20.5 Å². The molecule has 0 spiro atoms. The summed E-state index contributed by atoms with van der Waals surface area (Å²) in [5.74, 6) is -2.19. The van der Waals surface area contributed by atoms with E-state index >= 15 is 0 Å². The number of methoxy groups -OCH3 is 1. The Morgan fingerprint density at radius 1 is 1.45 bits per heavy atom. The molecule has 1 aromatic carbocycles. The van der Waals surface area contributed by atoms with Crippen LogP contribution in [-0.4, -0.2) is 38.2 Å². The molecule has 0 radical (unpaired) electrons. The van der Waals surface area contributed by atoms with Gasteiger partial charge in [-0.15, -0.1) is 0 Å². The number of halogens is 1.